The Bertz CT molecular complexity index is 236. The number of rotatable bonds is 2. The topological polar surface area (TPSA) is 50.4 Å². The van der Waals surface area contributed by atoms with Crippen molar-refractivity contribution in [2.75, 3.05) is 13.1 Å². The third-order valence-corrected chi connectivity index (χ3v) is 2.74. The first-order valence-corrected chi connectivity index (χ1v) is 6.11. The van der Waals surface area contributed by atoms with E-state index in [4.69, 9.17) is 4.74 Å². The quantitative estimate of drug-likeness (QED) is 0.759. The van der Waals surface area contributed by atoms with Gasteiger partial charge in [-0.3, -0.25) is 0 Å². The molecule has 1 amide bonds. The molecule has 1 rings (SSSR count). The van der Waals surface area contributed by atoms with Crippen LogP contribution >= 0.6 is 0 Å². The Morgan fingerprint density at radius 1 is 1.44 bits per heavy atom. The van der Waals surface area contributed by atoms with Crippen molar-refractivity contribution in [1.29, 1.82) is 0 Å². The summed E-state index contributed by atoms with van der Waals surface area (Å²) < 4.78 is 5.23. The molecule has 0 aromatic carbocycles. The van der Waals surface area contributed by atoms with Crippen molar-refractivity contribution in [2.24, 2.45) is 5.92 Å². The SMILES string of the molecule is CCC1CNCC(NC(=O)OC(C)(C)C)C1. The Morgan fingerprint density at radius 2 is 2.12 bits per heavy atom. The van der Waals surface area contributed by atoms with E-state index in [-0.39, 0.29) is 12.1 Å². The molecule has 4 nitrogen and oxygen atoms in total. The fraction of sp³-hybridized carbons (Fsp3) is 0.917. The molecular formula is C12H24N2O2. The molecule has 0 bridgehead atoms. The molecular weight excluding hydrogens is 204 g/mol. The minimum Gasteiger partial charge on any atom is -0.444 e. The molecule has 1 fully saturated rings. The Morgan fingerprint density at radius 3 is 2.69 bits per heavy atom. The first kappa shape index (κ1) is 13.3. The van der Waals surface area contributed by atoms with E-state index in [0.29, 0.717) is 5.92 Å². The van der Waals surface area contributed by atoms with Gasteiger partial charge in [0.2, 0.25) is 0 Å². The lowest BCUT2D eigenvalue weighted by Crippen LogP contribution is -2.49. The van der Waals surface area contributed by atoms with Crippen LogP contribution in [-0.4, -0.2) is 30.8 Å². The minimum absolute atomic E-state index is 0.202. The molecule has 0 aliphatic carbocycles. The lowest BCUT2D eigenvalue weighted by atomic mass is 9.94. The van der Waals surface area contributed by atoms with Gasteiger partial charge in [0.1, 0.15) is 5.60 Å². The van der Waals surface area contributed by atoms with E-state index in [9.17, 15) is 4.79 Å². The van der Waals surface area contributed by atoms with E-state index < -0.39 is 5.60 Å². The van der Waals surface area contributed by atoms with E-state index in [1.165, 1.54) is 0 Å². The predicted octanol–water partition coefficient (Wildman–Crippen LogP) is 1.90. The van der Waals surface area contributed by atoms with Crippen LogP contribution in [0.1, 0.15) is 40.5 Å². The average Bonchev–Trinajstić information content (AvgIpc) is 2.15. The summed E-state index contributed by atoms with van der Waals surface area (Å²) in [6.45, 7) is 9.71. The molecule has 94 valence electrons. The maximum atomic E-state index is 11.6. The maximum Gasteiger partial charge on any atom is 0.407 e. The van der Waals surface area contributed by atoms with Gasteiger partial charge in [0, 0.05) is 12.6 Å². The van der Waals surface area contributed by atoms with Gasteiger partial charge in [-0.25, -0.2) is 4.79 Å². The normalized spacial score (nSPS) is 26.2. The zero-order valence-electron chi connectivity index (χ0n) is 10.8. The molecule has 0 saturated carbocycles. The van der Waals surface area contributed by atoms with Crippen molar-refractivity contribution < 1.29 is 9.53 Å². The summed E-state index contributed by atoms with van der Waals surface area (Å²) in [7, 11) is 0. The smallest absolute Gasteiger partial charge is 0.407 e. The van der Waals surface area contributed by atoms with Gasteiger partial charge in [0.05, 0.1) is 0 Å². The van der Waals surface area contributed by atoms with Crippen LogP contribution in [0.3, 0.4) is 0 Å². The van der Waals surface area contributed by atoms with Crippen LogP contribution in [-0.2, 0) is 4.74 Å². The van der Waals surface area contributed by atoms with Crippen LogP contribution in [0.15, 0.2) is 0 Å². The number of alkyl carbamates (subject to hydrolysis) is 1. The Kier molecular flexibility index (Phi) is 4.59. The largest absolute Gasteiger partial charge is 0.444 e. The zero-order chi connectivity index (χ0) is 12.2. The van der Waals surface area contributed by atoms with Gasteiger partial charge in [-0.05, 0) is 39.7 Å². The summed E-state index contributed by atoms with van der Waals surface area (Å²) in [5, 5.41) is 6.25. The standard InChI is InChI=1S/C12H24N2O2/c1-5-9-6-10(8-13-7-9)14-11(15)16-12(2,3)4/h9-10,13H,5-8H2,1-4H3,(H,14,15). The summed E-state index contributed by atoms with van der Waals surface area (Å²) in [6.07, 6.45) is 1.89. The number of ether oxygens (including phenoxy) is 1. The first-order chi connectivity index (χ1) is 7.40. The molecule has 16 heavy (non-hydrogen) atoms. The first-order valence-electron chi connectivity index (χ1n) is 6.11. The van der Waals surface area contributed by atoms with Gasteiger partial charge in [0.25, 0.3) is 0 Å². The Balaban J connectivity index is 2.33. The molecule has 1 saturated heterocycles. The minimum atomic E-state index is -0.420. The fourth-order valence-electron chi connectivity index (χ4n) is 1.93. The summed E-state index contributed by atoms with van der Waals surface area (Å²) in [5.74, 6) is 0.661. The Hall–Kier alpha value is -0.770. The van der Waals surface area contributed by atoms with E-state index in [0.717, 1.165) is 25.9 Å². The molecule has 0 aromatic heterocycles. The lowest BCUT2D eigenvalue weighted by Gasteiger charge is -2.30. The Labute approximate surface area is 98.1 Å². The van der Waals surface area contributed by atoms with Crippen LogP contribution in [0.2, 0.25) is 0 Å². The highest BCUT2D eigenvalue weighted by atomic mass is 16.6. The number of hydrogen-bond donors (Lipinski definition) is 2. The number of carbonyl (C=O) groups excluding carboxylic acids is 1. The van der Waals surface area contributed by atoms with Gasteiger partial charge in [-0.2, -0.15) is 0 Å². The van der Waals surface area contributed by atoms with E-state index in [1.807, 2.05) is 20.8 Å². The summed E-state index contributed by atoms with van der Waals surface area (Å²) in [4.78, 5) is 11.6. The average molecular weight is 228 g/mol. The molecule has 1 heterocycles. The number of hydrogen-bond acceptors (Lipinski definition) is 3. The highest BCUT2D eigenvalue weighted by molar-refractivity contribution is 5.68. The molecule has 1 aliphatic rings. The summed E-state index contributed by atoms with van der Waals surface area (Å²) in [6, 6.07) is 0.202. The molecule has 0 radical (unpaired) electrons. The lowest BCUT2D eigenvalue weighted by molar-refractivity contribution is 0.0489. The van der Waals surface area contributed by atoms with Crippen molar-refractivity contribution in [3.63, 3.8) is 0 Å². The second-order valence-electron chi connectivity index (χ2n) is 5.51. The van der Waals surface area contributed by atoms with Crippen LogP contribution in [0, 0.1) is 5.92 Å². The predicted molar refractivity (Wildman–Crippen MR) is 64.4 cm³/mol. The maximum absolute atomic E-state index is 11.6. The number of piperidine rings is 1. The van der Waals surface area contributed by atoms with Crippen molar-refractivity contribution in [3.8, 4) is 0 Å². The van der Waals surface area contributed by atoms with E-state index in [2.05, 4.69) is 17.6 Å². The van der Waals surface area contributed by atoms with Crippen molar-refractivity contribution in [1.82, 2.24) is 10.6 Å². The molecule has 2 unspecified atom stereocenters. The summed E-state index contributed by atoms with van der Waals surface area (Å²) >= 11 is 0. The van der Waals surface area contributed by atoms with Crippen LogP contribution in [0.25, 0.3) is 0 Å². The second kappa shape index (κ2) is 5.53. The number of amides is 1. The highest BCUT2D eigenvalue weighted by Crippen LogP contribution is 2.14. The molecule has 1 aliphatic heterocycles. The third kappa shape index (κ3) is 4.84. The number of nitrogens with one attached hydrogen (secondary N) is 2. The van der Waals surface area contributed by atoms with E-state index in [1.54, 1.807) is 0 Å². The van der Waals surface area contributed by atoms with Gasteiger partial charge in [-0.1, -0.05) is 13.3 Å². The third-order valence-electron chi connectivity index (χ3n) is 2.74. The van der Waals surface area contributed by atoms with Crippen LogP contribution in [0.5, 0.6) is 0 Å². The number of carbonyl (C=O) groups is 1. The molecule has 2 atom stereocenters. The van der Waals surface area contributed by atoms with Gasteiger partial charge >= 0.3 is 6.09 Å². The van der Waals surface area contributed by atoms with Crippen molar-refractivity contribution >= 4 is 6.09 Å². The van der Waals surface area contributed by atoms with Gasteiger partial charge in [-0.15, -0.1) is 0 Å². The van der Waals surface area contributed by atoms with Gasteiger partial charge < -0.3 is 15.4 Å². The van der Waals surface area contributed by atoms with Crippen LogP contribution in [0.4, 0.5) is 4.79 Å². The highest BCUT2D eigenvalue weighted by Gasteiger charge is 2.24. The fourth-order valence-corrected chi connectivity index (χ4v) is 1.93. The zero-order valence-corrected chi connectivity index (χ0v) is 10.8. The van der Waals surface area contributed by atoms with Crippen molar-refractivity contribution in [2.45, 2.75) is 52.2 Å². The van der Waals surface area contributed by atoms with Crippen molar-refractivity contribution in [3.05, 3.63) is 0 Å². The monoisotopic (exact) mass is 228 g/mol. The molecule has 0 aromatic rings. The molecule has 2 N–H and O–H groups in total. The van der Waals surface area contributed by atoms with Crippen LogP contribution < -0.4 is 10.6 Å². The molecule has 0 spiro atoms. The molecule has 4 heteroatoms. The summed E-state index contributed by atoms with van der Waals surface area (Å²) in [5.41, 5.74) is -0.420. The second-order valence-corrected chi connectivity index (χ2v) is 5.51. The van der Waals surface area contributed by atoms with E-state index >= 15 is 0 Å². The van der Waals surface area contributed by atoms with Gasteiger partial charge in [0.15, 0.2) is 0 Å².